The molecule has 1 aliphatic heterocycles. The van der Waals surface area contributed by atoms with Crippen LogP contribution >= 0.6 is 27.3 Å². The molecule has 1 fully saturated rings. The molecule has 2 nitrogen and oxygen atoms in total. The van der Waals surface area contributed by atoms with E-state index in [2.05, 4.69) is 72.2 Å². The normalized spacial score (nSPS) is 25.4. The fourth-order valence-electron chi connectivity index (χ4n) is 2.88. The van der Waals surface area contributed by atoms with Crippen LogP contribution in [0.4, 0.5) is 0 Å². The molecule has 1 aromatic heterocycles. The topological polar surface area (TPSA) is 15.3 Å². The maximum atomic E-state index is 3.76. The summed E-state index contributed by atoms with van der Waals surface area (Å²) in [4.78, 5) is 4.13. The molecule has 1 N–H and O–H groups in total. The van der Waals surface area contributed by atoms with E-state index in [0.29, 0.717) is 23.4 Å². The maximum absolute atomic E-state index is 3.76. The lowest BCUT2D eigenvalue weighted by Crippen LogP contribution is -2.61. The predicted molar refractivity (Wildman–Crippen MR) is 92.3 cm³/mol. The largest absolute Gasteiger partial charge is 0.311 e. The Morgan fingerprint density at radius 1 is 1.45 bits per heavy atom. The van der Waals surface area contributed by atoms with Crippen molar-refractivity contribution in [3.05, 3.63) is 20.8 Å². The Bertz CT molecular complexity index is 436. The first kappa shape index (κ1) is 16.5. The monoisotopic (exact) mass is 358 g/mol. The molecule has 0 amide bonds. The smallest absolute Gasteiger partial charge is 0.0332 e. The summed E-state index contributed by atoms with van der Waals surface area (Å²) >= 11 is 5.42. The highest BCUT2D eigenvalue weighted by Gasteiger charge is 2.35. The third-order valence-corrected chi connectivity index (χ3v) is 5.94. The molecule has 0 bridgehead atoms. The van der Waals surface area contributed by atoms with Crippen molar-refractivity contribution in [1.29, 1.82) is 0 Å². The van der Waals surface area contributed by atoms with Gasteiger partial charge in [0.1, 0.15) is 0 Å². The highest BCUT2D eigenvalue weighted by Crippen LogP contribution is 2.28. The van der Waals surface area contributed by atoms with E-state index in [4.69, 9.17) is 0 Å². The molecular weight excluding hydrogens is 332 g/mol. The van der Waals surface area contributed by atoms with Gasteiger partial charge in [0.25, 0.3) is 0 Å². The van der Waals surface area contributed by atoms with Crippen LogP contribution in [0.25, 0.3) is 0 Å². The number of piperazine rings is 1. The summed E-state index contributed by atoms with van der Waals surface area (Å²) in [5.74, 6) is 0.687. The van der Waals surface area contributed by atoms with Crippen molar-refractivity contribution in [3.63, 3.8) is 0 Å². The van der Waals surface area contributed by atoms with Crippen LogP contribution in [0.5, 0.6) is 0 Å². The molecule has 4 heteroatoms. The minimum atomic E-state index is 0.316. The number of rotatable bonds is 3. The Hall–Kier alpha value is 0.1000. The van der Waals surface area contributed by atoms with E-state index < -0.39 is 0 Å². The fourth-order valence-corrected chi connectivity index (χ4v) is 4.36. The van der Waals surface area contributed by atoms with Crippen molar-refractivity contribution >= 4 is 27.3 Å². The molecule has 1 saturated heterocycles. The number of hydrogen-bond acceptors (Lipinski definition) is 3. The van der Waals surface area contributed by atoms with E-state index in [-0.39, 0.29) is 0 Å². The highest BCUT2D eigenvalue weighted by atomic mass is 79.9. The fraction of sp³-hybridized carbons (Fsp3) is 0.750. The van der Waals surface area contributed by atoms with Gasteiger partial charge in [-0.3, -0.25) is 4.90 Å². The number of halogens is 1. The summed E-state index contributed by atoms with van der Waals surface area (Å²) in [6.45, 7) is 15.0. The van der Waals surface area contributed by atoms with Gasteiger partial charge in [0.2, 0.25) is 0 Å². The van der Waals surface area contributed by atoms with Crippen LogP contribution in [-0.2, 0) is 6.54 Å². The van der Waals surface area contributed by atoms with Crippen LogP contribution < -0.4 is 5.32 Å². The summed E-state index contributed by atoms with van der Waals surface area (Å²) in [6.07, 6.45) is 0. The third kappa shape index (κ3) is 4.06. The molecule has 0 radical (unpaired) electrons. The van der Waals surface area contributed by atoms with Crippen molar-refractivity contribution in [2.45, 2.75) is 53.2 Å². The first-order valence-electron chi connectivity index (χ1n) is 7.47. The lowest BCUT2D eigenvalue weighted by atomic mass is 9.83. The lowest BCUT2D eigenvalue weighted by Gasteiger charge is -2.46. The summed E-state index contributed by atoms with van der Waals surface area (Å²) in [5, 5.41) is 5.95. The van der Waals surface area contributed by atoms with Crippen molar-refractivity contribution in [2.24, 2.45) is 11.3 Å². The second-order valence-electron chi connectivity index (χ2n) is 7.30. The zero-order chi connectivity index (χ0) is 14.9. The van der Waals surface area contributed by atoms with Crippen LogP contribution in [0.1, 0.15) is 39.5 Å². The average Bonchev–Trinajstić information content (AvgIpc) is 2.73. The van der Waals surface area contributed by atoms with E-state index in [1.54, 1.807) is 0 Å². The number of nitrogens with zero attached hydrogens (tertiary/aromatic N) is 1. The van der Waals surface area contributed by atoms with Gasteiger partial charge in [0, 0.05) is 46.4 Å². The molecule has 2 rings (SSSR count). The average molecular weight is 359 g/mol. The van der Waals surface area contributed by atoms with E-state index >= 15 is 0 Å². The highest BCUT2D eigenvalue weighted by molar-refractivity contribution is 9.10. The third-order valence-electron chi connectivity index (χ3n) is 4.26. The molecule has 20 heavy (non-hydrogen) atoms. The first-order chi connectivity index (χ1) is 9.27. The molecule has 0 saturated carbocycles. The molecular formula is C16H27BrN2S. The zero-order valence-corrected chi connectivity index (χ0v) is 15.6. The maximum Gasteiger partial charge on any atom is 0.0332 e. The van der Waals surface area contributed by atoms with Crippen molar-refractivity contribution in [2.75, 3.05) is 13.1 Å². The SMILES string of the molecule is CC(C)C1CNC(C(C)(C)C)CN1Cc1cc(Br)cs1. The molecule has 0 spiro atoms. The van der Waals surface area contributed by atoms with Crippen LogP contribution in [0.15, 0.2) is 15.9 Å². The Kier molecular flexibility index (Phi) is 5.33. The first-order valence-corrected chi connectivity index (χ1v) is 9.15. The van der Waals surface area contributed by atoms with Crippen LogP contribution in [0, 0.1) is 11.3 Å². The van der Waals surface area contributed by atoms with Crippen LogP contribution in [-0.4, -0.2) is 30.1 Å². The number of hydrogen-bond donors (Lipinski definition) is 1. The molecule has 2 atom stereocenters. The van der Waals surface area contributed by atoms with Gasteiger partial charge in [0.15, 0.2) is 0 Å². The van der Waals surface area contributed by atoms with Gasteiger partial charge >= 0.3 is 0 Å². The molecule has 2 heterocycles. The minimum absolute atomic E-state index is 0.316. The van der Waals surface area contributed by atoms with E-state index in [1.165, 1.54) is 9.35 Å². The van der Waals surface area contributed by atoms with Crippen molar-refractivity contribution < 1.29 is 0 Å². The van der Waals surface area contributed by atoms with E-state index in [9.17, 15) is 0 Å². The van der Waals surface area contributed by atoms with E-state index in [0.717, 1.165) is 19.6 Å². The van der Waals surface area contributed by atoms with Crippen molar-refractivity contribution in [1.82, 2.24) is 10.2 Å². The quantitative estimate of drug-likeness (QED) is 0.863. The molecule has 114 valence electrons. The molecule has 1 aliphatic rings. The predicted octanol–water partition coefficient (Wildman–Crippen LogP) is 4.36. The van der Waals surface area contributed by atoms with Gasteiger partial charge in [-0.25, -0.2) is 0 Å². The second kappa shape index (κ2) is 6.47. The van der Waals surface area contributed by atoms with Crippen molar-refractivity contribution in [3.8, 4) is 0 Å². The van der Waals surface area contributed by atoms with E-state index in [1.807, 2.05) is 11.3 Å². The van der Waals surface area contributed by atoms with Gasteiger partial charge in [0.05, 0.1) is 0 Å². The van der Waals surface area contributed by atoms with Gasteiger partial charge in [-0.15, -0.1) is 11.3 Å². The van der Waals surface area contributed by atoms with Gasteiger partial charge < -0.3 is 5.32 Å². The molecule has 2 unspecified atom stereocenters. The number of thiophene rings is 1. The molecule has 0 aromatic carbocycles. The standard InChI is InChI=1S/C16H27BrN2S/c1-11(2)14-7-18-15(16(3,4)5)9-19(14)8-13-6-12(17)10-20-13/h6,10-11,14-15,18H,7-9H2,1-5H3. The Labute approximate surface area is 136 Å². The Morgan fingerprint density at radius 3 is 2.65 bits per heavy atom. The Balaban J connectivity index is 2.10. The lowest BCUT2D eigenvalue weighted by molar-refractivity contribution is 0.0580. The summed E-state index contributed by atoms with van der Waals surface area (Å²) < 4.78 is 1.21. The number of nitrogens with one attached hydrogen (secondary N) is 1. The summed E-state index contributed by atoms with van der Waals surface area (Å²) in [5.41, 5.74) is 0.316. The zero-order valence-electron chi connectivity index (χ0n) is 13.2. The van der Waals surface area contributed by atoms with Gasteiger partial charge in [-0.2, -0.15) is 0 Å². The molecule has 0 aliphatic carbocycles. The summed E-state index contributed by atoms with van der Waals surface area (Å²) in [6, 6.07) is 3.46. The Morgan fingerprint density at radius 2 is 2.15 bits per heavy atom. The van der Waals surface area contributed by atoms with Gasteiger partial charge in [-0.1, -0.05) is 34.6 Å². The molecule has 1 aromatic rings. The van der Waals surface area contributed by atoms with Gasteiger partial charge in [-0.05, 0) is 33.3 Å². The second-order valence-corrected chi connectivity index (χ2v) is 9.21. The minimum Gasteiger partial charge on any atom is -0.311 e. The van der Waals surface area contributed by atoms with Crippen LogP contribution in [0.3, 0.4) is 0 Å². The summed E-state index contributed by atoms with van der Waals surface area (Å²) in [7, 11) is 0. The van der Waals surface area contributed by atoms with Crippen LogP contribution in [0.2, 0.25) is 0 Å².